The second-order valence-corrected chi connectivity index (χ2v) is 5.91. The molecule has 0 spiro atoms. The number of amides is 1. The van der Waals surface area contributed by atoms with E-state index >= 15 is 0 Å². The summed E-state index contributed by atoms with van der Waals surface area (Å²) in [6.45, 7) is 5.48. The molecule has 2 rings (SSSR count). The lowest BCUT2D eigenvalue weighted by Gasteiger charge is -2.16. The minimum Gasteiger partial charge on any atom is -0.469 e. The van der Waals surface area contributed by atoms with Gasteiger partial charge in [-0.3, -0.25) is 9.59 Å². The molecule has 0 aromatic heterocycles. The topological polar surface area (TPSA) is 46.6 Å². The van der Waals surface area contributed by atoms with E-state index in [4.69, 9.17) is 4.74 Å². The number of hydrogen-bond acceptors (Lipinski definition) is 3. The number of carbonyl (C=O) groups excluding carboxylic acids is 2. The molecule has 1 aromatic rings. The van der Waals surface area contributed by atoms with E-state index in [0.29, 0.717) is 19.0 Å². The number of esters is 1. The number of rotatable bonds is 5. The van der Waals surface area contributed by atoms with E-state index < -0.39 is 0 Å². The van der Waals surface area contributed by atoms with Crippen LogP contribution in [0, 0.1) is 5.92 Å². The van der Waals surface area contributed by atoms with Gasteiger partial charge in [0.05, 0.1) is 13.0 Å². The molecule has 4 nitrogen and oxygen atoms in total. The fraction of sp³-hybridized carbons (Fsp3) is 0.529. The smallest absolute Gasteiger partial charge is 0.310 e. The number of ether oxygens (including phenoxy) is 1. The highest BCUT2D eigenvalue weighted by Crippen LogP contribution is 2.20. The summed E-state index contributed by atoms with van der Waals surface area (Å²) < 4.78 is 4.71. The van der Waals surface area contributed by atoms with E-state index in [-0.39, 0.29) is 24.2 Å². The molecule has 1 aliphatic rings. The van der Waals surface area contributed by atoms with Crippen molar-refractivity contribution in [1.82, 2.24) is 4.90 Å². The molecule has 1 amide bonds. The molecular weight excluding hydrogens is 266 g/mol. The van der Waals surface area contributed by atoms with Crippen LogP contribution < -0.4 is 0 Å². The number of methoxy groups -OCH3 is 1. The van der Waals surface area contributed by atoms with Crippen molar-refractivity contribution in [3.8, 4) is 0 Å². The number of hydrogen-bond donors (Lipinski definition) is 0. The van der Waals surface area contributed by atoms with Crippen molar-refractivity contribution in [2.45, 2.75) is 32.6 Å². The van der Waals surface area contributed by atoms with Gasteiger partial charge in [-0.2, -0.15) is 0 Å². The lowest BCUT2D eigenvalue weighted by Crippen LogP contribution is -2.28. The van der Waals surface area contributed by atoms with Gasteiger partial charge in [0.25, 0.3) is 0 Å². The molecule has 4 heteroatoms. The Bertz CT molecular complexity index is 507. The highest BCUT2D eigenvalue weighted by atomic mass is 16.5. The standard InChI is InChI=1S/C17H23NO3/c1-12(2)14-6-4-13(5-7-14)8-9-18-11-15(10-16(18)19)17(20)21-3/h4-7,12,15H,8-11H2,1-3H3. The van der Waals surface area contributed by atoms with E-state index in [1.54, 1.807) is 4.90 Å². The first-order chi connectivity index (χ1) is 10.0. The summed E-state index contributed by atoms with van der Waals surface area (Å²) in [6, 6.07) is 8.52. The Hall–Kier alpha value is -1.84. The highest BCUT2D eigenvalue weighted by molar-refractivity contribution is 5.86. The van der Waals surface area contributed by atoms with Crippen molar-refractivity contribution in [3.63, 3.8) is 0 Å². The average molecular weight is 289 g/mol. The van der Waals surface area contributed by atoms with Crippen molar-refractivity contribution >= 4 is 11.9 Å². The second kappa shape index (κ2) is 6.74. The van der Waals surface area contributed by atoms with Crippen LogP contribution >= 0.6 is 0 Å². The van der Waals surface area contributed by atoms with Crippen LogP contribution in [-0.4, -0.2) is 37.0 Å². The van der Waals surface area contributed by atoms with Crippen molar-refractivity contribution in [2.75, 3.05) is 20.2 Å². The van der Waals surface area contributed by atoms with Crippen molar-refractivity contribution in [2.24, 2.45) is 5.92 Å². The number of nitrogens with zero attached hydrogens (tertiary/aromatic N) is 1. The minimum absolute atomic E-state index is 0.0456. The minimum atomic E-state index is -0.300. The van der Waals surface area contributed by atoms with Gasteiger partial charge in [-0.25, -0.2) is 0 Å². The van der Waals surface area contributed by atoms with Crippen LogP contribution in [0.4, 0.5) is 0 Å². The van der Waals surface area contributed by atoms with Gasteiger partial charge >= 0.3 is 5.97 Å². The lowest BCUT2D eigenvalue weighted by molar-refractivity contribution is -0.145. The molecule has 0 radical (unpaired) electrons. The fourth-order valence-corrected chi connectivity index (χ4v) is 2.65. The lowest BCUT2D eigenvalue weighted by atomic mass is 10.0. The van der Waals surface area contributed by atoms with Crippen LogP contribution in [-0.2, 0) is 20.7 Å². The second-order valence-electron chi connectivity index (χ2n) is 5.91. The van der Waals surface area contributed by atoms with Crippen LogP contribution in [0.25, 0.3) is 0 Å². The first-order valence-electron chi connectivity index (χ1n) is 7.45. The summed E-state index contributed by atoms with van der Waals surface area (Å²) in [5.41, 5.74) is 2.54. The molecule has 0 aliphatic carbocycles. The SMILES string of the molecule is COC(=O)C1CC(=O)N(CCc2ccc(C(C)C)cc2)C1. The Morgan fingerprint density at radius 2 is 2.00 bits per heavy atom. The summed E-state index contributed by atoms with van der Waals surface area (Å²) in [4.78, 5) is 25.1. The van der Waals surface area contributed by atoms with E-state index in [1.165, 1.54) is 18.2 Å². The van der Waals surface area contributed by atoms with Gasteiger partial charge in [0.15, 0.2) is 0 Å². The summed E-state index contributed by atoms with van der Waals surface area (Å²) in [7, 11) is 1.37. The molecule has 0 saturated carbocycles. The molecule has 1 aromatic carbocycles. The number of likely N-dealkylation sites (tertiary alicyclic amines) is 1. The molecule has 114 valence electrons. The van der Waals surface area contributed by atoms with Crippen LogP contribution in [0.15, 0.2) is 24.3 Å². The normalized spacial score (nSPS) is 18.4. The van der Waals surface area contributed by atoms with E-state index in [9.17, 15) is 9.59 Å². The first kappa shape index (κ1) is 15.5. The molecule has 1 unspecified atom stereocenters. The molecule has 21 heavy (non-hydrogen) atoms. The maximum Gasteiger partial charge on any atom is 0.310 e. The van der Waals surface area contributed by atoms with Gasteiger partial charge < -0.3 is 9.64 Å². The van der Waals surface area contributed by atoms with Gasteiger partial charge in [-0.05, 0) is 23.5 Å². The Balaban J connectivity index is 1.88. The summed E-state index contributed by atoms with van der Waals surface area (Å²) >= 11 is 0. The number of carbonyl (C=O) groups is 2. The molecule has 0 bridgehead atoms. The molecule has 1 aliphatic heterocycles. The zero-order valence-electron chi connectivity index (χ0n) is 13.0. The predicted octanol–water partition coefficient (Wildman–Crippen LogP) is 2.37. The van der Waals surface area contributed by atoms with Gasteiger partial charge in [-0.15, -0.1) is 0 Å². The van der Waals surface area contributed by atoms with Crippen molar-refractivity contribution in [1.29, 1.82) is 0 Å². The Kier molecular flexibility index (Phi) is 4.99. The molecule has 1 fully saturated rings. The van der Waals surface area contributed by atoms with Crippen molar-refractivity contribution in [3.05, 3.63) is 35.4 Å². The maximum absolute atomic E-state index is 11.9. The quantitative estimate of drug-likeness (QED) is 0.782. The average Bonchev–Trinajstić information content (AvgIpc) is 2.86. The molecule has 1 heterocycles. The highest BCUT2D eigenvalue weighted by Gasteiger charge is 2.34. The van der Waals surface area contributed by atoms with Gasteiger partial charge in [0, 0.05) is 19.5 Å². The molecule has 0 N–H and O–H groups in total. The summed E-state index contributed by atoms with van der Waals surface area (Å²) in [6.07, 6.45) is 1.09. The fourth-order valence-electron chi connectivity index (χ4n) is 2.65. The monoisotopic (exact) mass is 289 g/mol. The first-order valence-corrected chi connectivity index (χ1v) is 7.45. The largest absolute Gasteiger partial charge is 0.469 e. The predicted molar refractivity (Wildman–Crippen MR) is 80.9 cm³/mol. The molecule has 1 atom stereocenters. The van der Waals surface area contributed by atoms with Gasteiger partial charge in [0.1, 0.15) is 0 Å². The Morgan fingerprint density at radius 3 is 2.57 bits per heavy atom. The Labute approximate surface area is 126 Å². The van der Waals surface area contributed by atoms with Gasteiger partial charge in [-0.1, -0.05) is 38.1 Å². The zero-order valence-corrected chi connectivity index (χ0v) is 13.0. The summed E-state index contributed by atoms with van der Waals surface area (Å²) in [5.74, 6) is -0.0119. The third kappa shape index (κ3) is 3.84. The molecular formula is C17H23NO3. The van der Waals surface area contributed by atoms with Crippen LogP contribution in [0.2, 0.25) is 0 Å². The van der Waals surface area contributed by atoms with E-state index in [2.05, 4.69) is 38.1 Å². The zero-order chi connectivity index (χ0) is 15.4. The van der Waals surface area contributed by atoms with E-state index in [0.717, 1.165) is 6.42 Å². The van der Waals surface area contributed by atoms with Crippen molar-refractivity contribution < 1.29 is 14.3 Å². The van der Waals surface area contributed by atoms with Crippen LogP contribution in [0.1, 0.15) is 37.3 Å². The third-order valence-corrected chi connectivity index (χ3v) is 4.07. The molecule has 1 saturated heterocycles. The number of benzene rings is 1. The van der Waals surface area contributed by atoms with Gasteiger partial charge in [0.2, 0.25) is 5.91 Å². The van der Waals surface area contributed by atoms with Crippen LogP contribution in [0.5, 0.6) is 0 Å². The van der Waals surface area contributed by atoms with E-state index in [1.807, 2.05) is 0 Å². The Morgan fingerprint density at radius 1 is 1.33 bits per heavy atom. The maximum atomic E-state index is 11.9. The summed E-state index contributed by atoms with van der Waals surface area (Å²) in [5, 5.41) is 0. The third-order valence-electron chi connectivity index (χ3n) is 4.07. The van der Waals surface area contributed by atoms with Crippen LogP contribution in [0.3, 0.4) is 0 Å².